The van der Waals surface area contributed by atoms with Crippen LogP contribution in [0.4, 0.5) is 24.7 Å². The van der Waals surface area contributed by atoms with Crippen LogP contribution in [-0.2, 0) is 6.54 Å². The number of hydrogen-bond donors (Lipinski definition) is 1. The van der Waals surface area contributed by atoms with Gasteiger partial charge in [-0.25, -0.2) is 18.2 Å². The monoisotopic (exact) mass is 416 g/mol. The average Bonchev–Trinajstić information content (AvgIpc) is 2.72. The van der Waals surface area contributed by atoms with Crippen LogP contribution in [0.2, 0.25) is 5.02 Å². The zero-order valence-corrected chi connectivity index (χ0v) is 15.4. The molecule has 9 heteroatoms. The maximum atomic E-state index is 14.8. The Morgan fingerprint density at radius 2 is 1.90 bits per heavy atom. The Labute approximate surface area is 167 Å². The Bertz CT molecular complexity index is 1260. The summed E-state index contributed by atoms with van der Waals surface area (Å²) in [5.74, 6) is -3.15. The molecule has 4 aromatic rings. The van der Waals surface area contributed by atoms with E-state index in [2.05, 4.69) is 15.0 Å². The van der Waals surface area contributed by atoms with Crippen LogP contribution < -0.4 is 10.5 Å². The number of anilines is 2. The van der Waals surface area contributed by atoms with Crippen LogP contribution in [0.3, 0.4) is 0 Å². The molecule has 2 aromatic carbocycles. The Morgan fingerprint density at radius 1 is 1.07 bits per heavy atom. The van der Waals surface area contributed by atoms with Crippen molar-refractivity contribution in [2.24, 2.45) is 0 Å². The molecule has 0 saturated carbocycles. The van der Waals surface area contributed by atoms with E-state index in [4.69, 9.17) is 11.6 Å². The van der Waals surface area contributed by atoms with Gasteiger partial charge in [-0.1, -0.05) is 17.7 Å². The van der Waals surface area contributed by atoms with Crippen LogP contribution in [0.1, 0.15) is 5.56 Å². The fourth-order valence-electron chi connectivity index (χ4n) is 3.04. The molecular weight excluding hydrogens is 405 g/mol. The first-order valence-corrected chi connectivity index (χ1v) is 8.81. The van der Waals surface area contributed by atoms with Gasteiger partial charge in [0, 0.05) is 34.1 Å². The van der Waals surface area contributed by atoms with Crippen molar-refractivity contribution in [2.45, 2.75) is 6.54 Å². The number of rotatable bonds is 4. The summed E-state index contributed by atoms with van der Waals surface area (Å²) in [6.45, 7) is -0.198. The minimum absolute atomic E-state index is 0.0388. The highest BCUT2D eigenvalue weighted by molar-refractivity contribution is 6.30. The zero-order chi connectivity index (χ0) is 20.5. The number of hydrogen-bond acceptors (Lipinski definition) is 4. The lowest BCUT2D eigenvalue weighted by Crippen LogP contribution is -2.23. The van der Waals surface area contributed by atoms with Gasteiger partial charge in [-0.3, -0.25) is 9.78 Å². The minimum atomic E-state index is -1.25. The van der Waals surface area contributed by atoms with Crippen LogP contribution >= 0.6 is 11.6 Å². The van der Waals surface area contributed by atoms with Crippen LogP contribution in [0.25, 0.3) is 10.9 Å². The number of fused-ring (bicyclic) bond motifs is 1. The predicted octanol–water partition coefficient (Wildman–Crippen LogP) is 4.73. The zero-order valence-electron chi connectivity index (χ0n) is 14.7. The standard InChI is InChI=1S/C20H12ClF3N4O/c21-11-2-1-3-12(8-11)28(16-9-25-6-7-26-16)10-14-13-4-5-15(22)18(24)19(13)27-20(29)17(14)23/h1-9H,10H2,(H,27,29). The fraction of sp³-hybridized carbons (Fsp3) is 0.0500. The van der Waals surface area contributed by atoms with Gasteiger partial charge in [-0.05, 0) is 30.3 Å². The topological polar surface area (TPSA) is 61.9 Å². The first kappa shape index (κ1) is 18.9. The van der Waals surface area contributed by atoms with Gasteiger partial charge >= 0.3 is 0 Å². The summed E-state index contributed by atoms with van der Waals surface area (Å²) in [4.78, 5) is 23.9. The second-order valence-corrected chi connectivity index (χ2v) is 6.60. The third-order valence-electron chi connectivity index (χ3n) is 4.38. The van der Waals surface area contributed by atoms with E-state index in [9.17, 15) is 18.0 Å². The van der Waals surface area contributed by atoms with E-state index in [1.54, 1.807) is 29.2 Å². The third-order valence-corrected chi connectivity index (χ3v) is 4.62. The van der Waals surface area contributed by atoms with Crippen molar-refractivity contribution in [1.29, 1.82) is 0 Å². The van der Waals surface area contributed by atoms with Crippen molar-refractivity contribution in [3.8, 4) is 0 Å². The van der Waals surface area contributed by atoms with Gasteiger partial charge in [0.15, 0.2) is 23.3 Å². The highest BCUT2D eigenvalue weighted by atomic mass is 35.5. The summed E-state index contributed by atoms with van der Waals surface area (Å²) in [6, 6.07) is 8.81. The largest absolute Gasteiger partial charge is 0.320 e. The molecule has 0 bridgehead atoms. The molecule has 0 unspecified atom stereocenters. The first-order valence-electron chi connectivity index (χ1n) is 8.43. The number of halogens is 4. The highest BCUT2D eigenvalue weighted by Crippen LogP contribution is 2.30. The second-order valence-electron chi connectivity index (χ2n) is 6.16. The van der Waals surface area contributed by atoms with E-state index in [0.717, 1.165) is 6.07 Å². The Kier molecular flexibility index (Phi) is 4.94. The Balaban J connectivity index is 1.93. The number of aromatic amines is 1. The van der Waals surface area contributed by atoms with Crippen LogP contribution in [0, 0.1) is 17.5 Å². The summed E-state index contributed by atoms with van der Waals surface area (Å²) >= 11 is 6.09. The maximum absolute atomic E-state index is 14.8. The molecule has 0 spiro atoms. The molecular formula is C20H12ClF3N4O. The Morgan fingerprint density at radius 3 is 2.62 bits per heavy atom. The van der Waals surface area contributed by atoms with E-state index in [1.807, 2.05) is 0 Å². The lowest BCUT2D eigenvalue weighted by molar-refractivity contribution is 0.514. The molecule has 0 aliphatic heterocycles. The molecule has 2 heterocycles. The normalized spacial score (nSPS) is 11.0. The third kappa shape index (κ3) is 3.54. The van der Waals surface area contributed by atoms with Gasteiger partial charge < -0.3 is 9.88 Å². The summed E-state index contributed by atoms with van der Waals surface area (Å²) in [6.07, 6.45) is 4.38. The molecule has 0 aliphatic carbocycles. The SMILES string of the molecule is O=c1[nH]c2c(F)c(F)ccc2c(CN(c2cccc(Cl)c2)c2cnccn2)c1F. The van der Waals surface area contributed by atoms with E-state index in [-0.39, 0.29) is 17.5 Å². The second kappa shape index (κ2) is 7.56. The van der Waals surface area contributed by atoms with Crippen LogP contribution in [0.15, 0.2) is 59.8 Å². The molecule has 0 atom stereocenters. The number of H-pyrrole nitrogens is 1. The van der Waals surface area contributed by atoms with Crippen LogP contribution in [-0.4, -0.2) is 15.0 Å². The molecule has 0 aliphatic rings. The van der Waals surface area contributed by atoms with Crippen molar-refractivity contribution in [2.75, 3.05) is 4.90 Å². The predicted molar refractivity (Wildman–Crippen MR) is 104 cm³/mol. The maximum Gasteiger partial charge on any atom is 0.284 e. The van der Waals surface area contributed by atoms with Crippen LogP contribution in [0.5, 0.6) is 0 Å². The first-order chi connectivity index (χ1) is 14.0. The average molecular weight is 417 g/mol. The van der Waals surface area contributed by atoms with Gasteiger partial charge in [-0.2, -0.15) is 0 Å². The summed E-state index contributed by atoms with van der Waals surface area (Å²) < 4.78 is 42.6. The molecule has 4 rings (SSSR count). The van der Waals surface area contributed by atoms with E-state index < -0.39 is 28.5 Å². The van der Waals surface area contributed by atoms with Crippen molar-refractivity contribution in [3.05, 3.63) is 93.4 Å². The van der Waals surface area contributed by atoms with E-state index in [0.29, 0.717) is 16.5 Å². The molecule has 146 valence electrons. The molecule has 0 saturated heterocycles. The number of nitrogens with one attached hydrogen (secondary N) is 1. The molecule has 1 N–H and O–H groups in total. The summed E-state index contributed by atoms with van der Waals surface area (Å²) in [5, 5.41) is 0.470. The molecule has 0 amide bonds. The number of pyridine rings is 1. The van der Waals surface area contributed by atoms with Gasteiger partial charge in [-0.15, -0.1) is 0 Å². The lowest BCUT2D eigenvalue weighted by atomic mass is 10.1. The van der Waals surface area contributed by atoms with Crippen molar-refractivity contribution in [3.63, 3.8) is 0 Å². The van der Waals surface area contributed by atoms with E-state index >= 15 is 0 Å². The minimum Gasteiger partial charge on any atom is -0.320 e. The Hall–Kier alpha value is -3.39. The number of benzene rings is 2. The quantitative estimate of drug-likeness (QED) is 0.522. The van der Waals surface area contributed by atoms with Gasteiger partial charge in [0.2, 0.25) is 0 Å². The van der Waals surface area contributed by atoms with Gasteiger partial charge in [0.25, 0.3) is 5.56 Å². The fourth-order valence-corrected chi connectivity index (χ4v) is 3.22. The summed E-state index contributed by atoms with van der Waals surface area (Å²) in [5.41, 5.74) is -1.12. The van der Waals surface area contributed by atoms with E-state index in [1.165, 1.54) is 24.7 Å². The van der Waals surface area contributed by atoms with Crippen molar-refractivity contribution >= 4 is 34.0 Å². The number of nitrogens with zero attached hydrogens (tertiary/aromatic N) is 3. The summed E-state index contributed by atoms with van der Waals surface area (Å²) in [7, 11) is 0. The molecule has 2 aromatic heterocycles. The van der Waals surface area contributed by atoms with Gasteiger partial charge in [0.05, 0.1) is 18.3 Å². The lowest BCUT2D eigenvalue weighted by Gasteiger charge is -2.24. The highest BCUT2D eigenvalue weighted by Gasteiger charge is 2.21. The van der Waals surface area contributed by atoms with Crippen molar-refractivity contribution < 1.29 is 13.2 Å². The van der Waals surface area contributed by atoms with Gasteiger partial charge in [0.1, 0.15) is 0 Å². The smallest absolute Gasteiger partial charge is 0.284 e. The molecule has 5 nitrogen and oxygen atoms in total. The number of aromatic nitrogens is 3. The van der Waals surface area contributed by atoms with Crippen molar-refractivity contribution in [1.82, 2.24) is 15.0 Å². The molecule has 0 radical (unpaired) electrons. The molecule has 0 fully saturated rings. The molecule has 29 heavy (non-hydrogen) atoms.